The van der Waals surface area contributed by atoms with Crippen molar-refractivity contribution >= 4 is 27.5 Å². The smallest absolute Gasteiger partial charge is 0.243 e. The summed E-state index contributed by atoms with van der Waals surface area (Å²) in [4.78, 5) is 12.9. The molecule has 1 N–H and O–H groups in total. The fourth-order valence-corrected chi connectivity index (χ4v) is 4.66. The highest BCUT2D eigenvalue weighted by Gasteiger charge is 2.27. The van der Waals surface area contributed by atoms with Crippen LogP contribution in [-0.2, 0) is 21.4 Å². The van der Waals surface area contributed by atoms with Crippen LogP contribution in [0, 0.1) is 6.92 Å². The topological polar surface area (TPSA) is 66.5 Å². The van der Waals surface area contributed by atoms with E-state index >= 15 is 0 Å². The Bertz CT molecular complexity index is 1120. The third-order valence-corrected chi connectivity index (χ3v) is 6.99. The van der Waals surface area contributed by atoms with Crippen molar-refractivity contribution in [3.05, 3.63) is 101 Å². The summed E-state index contributed by atoms with van der Waals surface area (Å²) in [5.74, 6) is -0.374. The summed E-state index contributed by atoms with van der Waals surface area (Å²) in [6.07, 6.45) is 0. The van der Waals surface area contributed by atoms with Crippen LogP contribution < -0.4 is 5.32 Å². The minimum atomic E-state index is -3.88. The molecule has 1 atom stereocenters. The summed E-state index contributed by atoms with van der Waals surface area (Å²) in [5, 5.41) is 3.45. The number of rotatable bonds is 8. The van der Waals surface area contributed by atoms with Crippen molar-refractivity contribution in [2.75, 3.05) is 6.54 Å². The van der Waals surface area contributed by atoms with E-state index < -0.39 is 10.0 Å². The van der Waals surface area contributed by atoms with Crippen LogP contribution >= 0.6 is 11.6 Å². The maximum atomic E-state index is 13.3. The number of benzene rings is 3. The molecule has 1 amide bonds. The number of sulfonamides is 1. The number of hydrogen-bond acceptors (Lipinski definition) is 3. The van der Waals surface area contributed by atoms with Crippen molar-refractivity contribution in [3.63, 3.8) is 0 Å². The number of amides is 1. The highest BCUT2D eigenvalue weighted by Crippen LogP contribution is 2.20. The van der Waals surface area contributed by atoms with Crippen LogP contribution in [0.1, 0.15) is 29.7 Å². The van der Waals surface area contributed by atoms with E-state index in [2.05, 4.69) is 5.32 Å². The summed E-state index contributed by atoms with van der Waals surface area (Å²) in [6.45, 7) is 3.52. The molecule has 0 aliphatic rings. The van der Waals surface area contributed by atoms with E-state index in [4.69, 9.17) is 11.6 Å². The number of halogens is 1. The normalized spacial score (nSPS) is 12.5. The molecule has 0 radical (unpaired) electrons. The lowest BCUT2D eigenvalue weighted by atomic mass is 10.1. The molecule has 0 unspecified atom stereocenters. The van der Waals surface area contributed by atoms with Gasteiger partial charge in [-0.1, -0.05) is 71.8 Å². The van der Waals surface area contributed by atoms with E-state index in [0.29, 0.717) is 5.02 Å². The molecule has 3 rings (SSSR count). The second-order valence-corrected chi connectivity index (χ2v) is 9.79. The monoisotopic (exact) mass is 456 g/mol. The maximum absolute atomic E-state index is 13.3. The molecule has 0 bridgehead atoms. The Hall–Kier alpha value is -2.67. The van der Waals surface area contributed by atoms with Gasteiger partial charge in [-0.25, -0.2) is 8.42 Å². The molecule has 0 heterocycles. The van der Waals surface area contributed by atoms with Crippen LogP contribution in [-0.4, -0.2) is 25.2 Å². The van der Waals surface area contributed by atoms with E-state index in [-0.39, 0.29) is 29.9 Å². The van der Waals surface area contributed by atoms with E-state index in [1.165, 1.54) is 4.31 Å². The van der Waals surface area contributed by atoms with Gasteiger partial charge >= 0.3 is 0 Å². The molecule has 31 heavy (non-hydrogen) atoms. The molecule has 0 saturated carbocycles. The number of carbonyl (C=O) groups excluding carboxylic acids is 1. The first-order valence-electron chi connectivity index (χ1n) is 9.91. The van der Waals surface area contributed by atoms with Crippen molar-refractivity contribution in [2.24, 2.45) is 0 Å². The van der Waals surface area contributed by atoms with Gasteiger partial charge in [0.2, 0.25) is 15.9 Å². The zero-order valence-electron chi connectivity index (χ0n) is 17.5. The maximum Gasteiger partial charge on any atom is 0.243 e. The predicted octanol–water partition coefficient (Wildman–Crippen LogP) is 4.72. The third kappa shape index (κ3) is 6.17. The zero-order chi connectivity index (χ0) is 22.4. The van der Waals surface area contributed by atoms with Crippen molar-refractivity contribution in [1.29, 1.82) is 0 Å². The number of carbonyl (C=O) groups is 1. The van der Waals surface area contributed by atoms with E-state index in [1.807, 2.05) is 44.2 Å². The summed E-state index contributed by atoms with van der Waals surface area (Å²) >= 11 is 5.95. The summed E-state index contributed by atoms with van der Waals surface area (Å²) in [6, 6.07) is 22.8. The van der Waals surface area contributed by atoms with Crippen molar-refractivity contribution in [2.45, 2.75) is 31.3 Å². The van der Waals surface area contributed by atoms with Crippen molar-refractivity contribution < 1.29 is 13.2 Å². The van der Waals surface area contributed by atoms with Crippen LogP contribution in [0.2, 0.25) is 5.02 Å². The van der Waals surface area contributed by atoms with E-state index in [0.717, 1.165) is 16.7 Å². The van der Waals surface area contributed by atoms with Gasteiger partial charge in [0.15, 0.2) is 0 Å². The minimum Gasteiger partial charge on any atom is -0.348 e. The van der Waals surface area contributed by atoms with Crippen molar-refractivity contribution in [3.8, 4) is 0 Å². The van der Waals surface area contributed by atoms with Gasteiger partial charge in [-0.3, -0.25) is 4.79 Å². The lowest BCUT2D eigenvalue weighted by molar-refractivity contribution is -0.122. The van der Waals surface area contributed by atoms with Gasteiger partial charge in [-0.05, 0) is 49.2 Å². The fourth-order valence-electron chi connectivity index (χ4n) is 3.15. The quantitative estimate of drug-likeness (QED) is 0.533. The lowest BCUT2D eigenvalue weighted by Gasteiger charge is -2.23. The van der Waals surface area contributed by atoms with Crippen LogP contribution in [0.3, 0.4) is 0 Å². The summed E-state index contributed by atoms with van der Waals surface area (Å²) in [5.41, 5.74) is 2.64. The van der Waals surface area contributed by atoms with Gasteiger partial charge in [-0.15, -0.1) is 0 Å². The molecule has 162 valence electrons. The number of nitrogens with zero attached hydrogens (tertiary/aromatic N) is 1. The molecule has 3 aromatic rings. The second kappa shape index (κ2) is 10.1. The Morgan fingerprint density at radius 2 is 1.58 bits per heavy atom. The largest absolute Gasteiger partial charge is 0.348 e. The Balaban J connectivity index is 1.83. The molecule has 0 aliphatic carbocycles. The fraction of sp³-hybridized carbons (Fsp3) is 0.208. The standard InChI is InChI=1S/C24H25ClN2O3S/c1-18-8-14-23(15-9-18)31(29,30)27(16-20-10-12-22(25)13-11-20)17-24(28)26-19(2)21-6-4-3-5-7-21/h3-15,19H,16-17H2,1-2H3,(H,26,28)/t19-/m1/s1. The van der Waals surface area contributed by atoms with Gasteiger partial charge in [0.1, 0.15) is 0 Å². The van der Waals surface area contributed by atoms with Gasteiger partial charge < -0.3 is 5.32 Å². The van der Waals surface area contributed by atoms with E-state index in [1.54, 1.807) is 48.5 Å². The lowest BCUT2D eigenvalue weighted by Crippen LogP contribution is -2.41. The Morgan fingerprint density at radius 1 is 0.968 bits per heavy atom. The second-order valence-electron chi connectivity index (χ2n) is 7.41. The molecule has 5 nitrogen and oxygen atoms in total. The first-order chi connectivity index (χ1) is 14.8. The molecular weight excluding hydrogens is 432 g/mol. The molecule has 0 spiro atoms. The highest BCUT2D eigenvalue weighted by molar-refractivity contribution is 7.89. The SMILES string of the molecule is Cc1ccc(S(=O)(=O)N(CC(=O)N[C@H](C)c2ccccc2)Cc2ccc(Cl)cc2)cc1. The molecule has 7 heteroatoms. The van der Waals surface area contributed by atoms with Gasteiger partial charge in [0.05, 0.1) is 17.5 Å². The summed E-state index contributed by atoms with van der Waals surface area (Å²) in [7, 11) is -3.88. The number of nitrogens with one attached hydrogen (secondary N) is 1. The van der Waals surface area contributed by atoms with E-state index in [9.17, 15) is 13.2 Å². The molecular formula is C24H25ClN2O3S. The zero-order valence-corrected chi connectivity index (χ0v) is 19.0. The molecule has 3 aromatic carbocycles. The average molecular weight is 457 g/mol. The molecule has 0 fully saturated rings. The van der Waals surface area contributed by atoms with Gasteiger partial charge in [-0.2, -0.15) is 4.31 Å². The third-order valence-electron chi connectivity index (χ3n) is 4.93. The summed E-state index contributed by atoms with van der Waals surface area (Å²) < 4.78 is 27.8. The number of aryl methyl sites for hydroxylation is 1. The first-order valence-corrected chi connectivity index (χ1v) is 11.7. The first kappa shape index (κ1) is 23.0. The van der Waals surface area contributed by atoms with Crippen LogP contribution in [0.15, 0.2) is 83.8 Å². The Kier molecular flexibility index (Phi) is 7.49. The Labute approximate surface area is 188 Å². The molecule has 0 aliphatic heterocycles. The number of hydrogen-bond donors (Lipinski definition) is 1. The van der Waals surface area contributed by atoms with Gasteiger partial charge in [0.25, 0.3) is 0 Å². The Morgan fingerprint density at radius 3 is 2.19 bits per heavy atom. The van der Waals surface area contributed by atoms with Crippen LogP contribution in [0.25, 0.3) is 0 Å². The molecule has 0 aromatic heterocycles. The van der Waals surface area contributed by atoms with Crippen LogP contribution in [0.4, 0.5) is 0 Å². The van der Waals surface area contributed by atoms with Crippen molar-refractivity contribution in [1.82, 2.24) is 9.62 Å². The van der Waals surface area contributed by atoms with Crippen LogP contribution in [0.5, 0.6) is 0 Å². The van der Waals surface area contributed by atoms with Gasteiger partial charge in [0, 0.05) is 11.6 Å². The minimum absolute atomic E-state index is 0.0561. The average Bonchev–Trinajstić information content (AvgIpc) is 2.75. The highest BCUT2D eigenvalue weighted by atomic mass is 35.5. The molecule has 0 saturated heterocycles. The predicted molar refractivity (Wildman–Crippen MR) is 123 cm³/mol.